The molecule has 9 nitrogen and oxygen atoms in total. The number of fused-ring (bicyclic) bond motifs is 1. The lowest BCUT2D eigenvalue weighted by Gasteiger charge is -2.28. The quantitative estimate of drug-likeness (QED) is 0.469. The maximum atomic E-state index is 13.4. The summed E-state index contributed by atoms with van der Waals surface area (Å²) in [6.45, 7) is 12.1. The fraction of sp³-hybridized carbons (Fsp3) is 0.400. The first kappa shape index (κ1) is 22.1. The molecular weight excluding hydrogens is 428 g/mol. The first-order chi connectivity index (χ1) is 16.1. The highest BCUT2D eigenvalue weighted by Gasteiger charge is 2.29. The molecule has 0 bridgehead atoms. The van der Waals surface area contributed by atoms with E-state index in [0.29, 0.717) is 25.3 Å². The van der Waals surface area contributed by atoms with Crippen LogP contribution in [0, 0.1) is 13.8 Å². The van der Waals surface area contributed by atoms with Gasteiger partial charge in [-0.15, -0.1) is 5.10 Å². The summed E-state index contributed by atoms with van der Waals surface area (Å²) >= 11 is 0. The Balaban J connectivity index is 1.43. The summed E-state index contributed by atoms with van der Waals surface area (Å²) in [7, 11) is 1.83. The fourth-order valence-corrected chi connectivity index (χ4v) is 4.30. The zero-order valence-electron chi connectivity index (χ0n) is 20.6. The maximum Gasteiger partial charge on any atom is 0.272 e. The molecule has 0 saturated heterocycles. The van der Waals surface area contributed by atoms with Crippen LogP contribution in [0.1, 0.15) is 53.8 Å². The van der Waals surface area contributed by atoms with Gasteiger partial charge in [0.1, 0.15) is 11.4 Å². The SMILES string of the molecule is Cc1ccc(C)c(-n2cc(-c3cnn4c3CN(C(=O)c3cc(C(C)(C)C)nn3C)CC4)nn2)c1. The van der Waals surface area contributed by atoms with Crippen LogP contribution >= 0.6 is 0 Å². The normalized spacial score (nSPS) is 13.9. The van der Waals surface area contributed by atoms with Gasteiger partial charge in [0.2, 0.25) is 0 Å². The molecule has 4 heterocycles. The van der Waals surface area contributed by atoms with Crippen LogP contribution in [-0.4, -0.2) is 51.9 Å². The standard InChI is InChI=1S/C25H30N8O/c1-16-7-8-17(2)20(11-16)33-14-19(27-29-33)18-13-26-32-10-9-31(15-22(18)32)24(34)21-12-23(25(3,4)5)28-30(21)6/h7-8,11-14H,9-10,15H2,1-6H3. The van der Waals surface area contributed by atoms with Crippen LogP contribution in [0.2, 0.25) is 0 Å². The van der Waals surface area contributed by atoms with E-state index in [1.54, 1.807) is 9.36 Å². The number of carbonyl (C=O) groups is 1. The van der Waals surface area contributed by atoms with Gasteiger partial charge in [-0.1, -0.05) is 38.1 Å². The molecule has 0 aliphatic carbocycles. The summed E-state index contributed by atoms with van der Waals surface area (Å²) in [6.07, 6.45) is 3.75. The number of hydrogen-bond donors (Lipinski definition) is 0. The van der Waals surface area contributed by atoms with Crippen LogP contribution in [0.4, 0.5) is 0 Å². The van der Waals surface area contributed by atoms with E-state index in [0.717, 1.165) is 33.9 Å². The molecule has 0 atom stereocenters. The second-order valence-corrected chi connectivity index (χ2v) is 10.1. The predicted molar refractivity (Wildman–Crippen MR) is 129 cm³/mol. The van der Waals surface area contributed by atoms with Crippen molar-refractivity contribution in [3.8, 4) is 16.9 Å². The molecule has 34 heavy (non-hydrogen) atoms. The third-order valence-corrected chi connectivity index (χ3v) is 6.41. The molecule has 176 valence electrons. The lowest BCUT2D eigenvalue weighted by atomic mass is 9.92. The Morgan fingerprint density at radius 2 is 1.88 bits per heavy atom. The summed E-state index contributed by atoms with van der Waals surface area (Å²) < 4.78 is 5.45. The molecule has 1 amide bonds. The van der Waals surface area contributed by atoms with Gasteiger partial charge in [0.25, 0.3) is 5.91 Å². The van der Waals surface area contributed by atoms with Crippen molar-refractivity contribution in [3.63, 3.8) is 0 Å². The first-order valence-electron chi connectivity index (χ1n) is 11.5. The van der Waals surface area contributed by atoms with Gasteiger partial charge in [-0.05, 0) is 37.1 Å². The molecular formula is C25H30N8O. The van der Waals surface area contributed by atoms with Crippen LogP contribution in [0.5, 0.6) is 0 Å². The zero-order valence-corrected chi connectivity index (χ0v) is 20.6. The van der Waals surface area contributed by atoms with Crippen molar-refractivity contribution in [2.75, 3.05) is 6.54 Å². The van der Waals surface area contributed by atoms with Crippen molar-refractivity contribution in [2.45, 2.75) is 53.1 Å². The molecule has 0 fully saturated rings. The first-order valence-corrected chi connectivity index (χ1v) is 11.5. The Hall–Kier alpha value is -3.75. The molecule has 9 heteroatoms. The van der Waals surface area contributed by atoms with Crippen LogP contribution in [0.15, 0.2) is 36.7 Å². The Bertz CT molecular complexity index is 1380. The van der Waals surface area contributed by atoms with Gasteiger partial charge < -0.3 is 4.90 Å². The number of hydrogen-bond acceptors (Lipinski definition) is 5. The van der Waals surface area contributed by atoms with Gasteiger partial charge in [-0.2, -0.15) is 10.2 Å². The topological polar surface area (TPSA) is 86.7 Å². The summed E-state index contributed by atoms with van der Waals surface area (Å²) in [5.74, 6) is -0.0251. The highest BCUT2D eigenvalue weighted by Crippen LogP contribution is 2.28. The van der Waals surface area contributed by atoms with E-state index < -0.39 is 0 Å². The summed E-state index contributed by atoms with van der Waals surface area (Å²) in [6, 6.07) is 8.18. The Kier molecular flexibility index (Phi) is 5.15. The Morgan fingerprint density at radius 1 is 1.09 bits per heavy atom. The molecule has 5 rings (SSSR count). The second kappa shape index (κ2) is 7.93. The van der Waals surface area contributed by atoms with Crippen molar-refractivity contribution >= 4 is 5.91 Å². The van der Waals surface area contributed by atoms with Gasteiger partial charge in [0.15, 0.2) is 0 Å². The predicted octanol–water partition coefficient (Wildman–Crippen LogP) is 3.43. The van der Waals surface area contributed by atoms with E-state index in [9.17, 15) is 4.79 Å². The molecule has 1 aliphatic rings. The highest BCUT2D eigenvalue weighted by molar-refractivity contribution is 5.93. The van der Waals surface area contributed by atoms with Crippen LogP contribution in [0.3, 0.4) is 0 Å². The summed E-state index contributed by atoms with van der Waals surface area (Å²) in [5.41, 5.74) is 7.28. The number of aromatic nitrogens is 7. The summed E-state index contributed by atoms with van der Waals surface area (Å²) in [4.78, 5) is 15.3. The van der Waals surface area contributed by atoms with E-state index in [4.69, 9.17) is 0 Å². The van der Waals surface area contributed by atoms with Gasteiger partial charge >= 0.3 is 0 Å². The van der Waals surface area contributed by atoms with Crippen molar-refractivity contribution in [1.29, 1.82) is 0 Å². The number of rotatable bonds is 3. The van der Waals surface area contributed by atoms with Crippen molar-refractivity contribution in [3.05, 3.63) is 64.9 Å². The molecule has 0 unspecified atom stereocenters. The van der Waals surface area contributed by atoms with Gasteiger partial charge in [-0.3, -0.25) is 14.2 Å². The minimum Gasteiger partial charge on any atom is -0.330 e. The van der Waals surface area contributed by atoms with Crippen LogP contribution in [-0.2, 0) is 25.6 Å². The number of nitrogens with zero attached hydrogens (tertiary/aromatic N) is 8. The average molecular weight is 459 g/mol. The lowest BCUT2D eigenvalue weighted by Crippen LogP contribution is -2.39. The second-order valence-electron chi connectivity index (χ2n) is 10.1. The monoisotopic (exact) mass is 458 g/mol. The van der Waals surface area contributed by atoms with Crippen LogP contribution < -0.4 is 0 Å². The molecule has 3 aromatic heterocycles. The van der Waals surface area contributed by atoms with E-state index >= 15 is 0 Å². The molecule has 0 N–H and O–H groups in total. The van der Waals surface area contributed by atoms with Crippen LogP contribution in [0.25, 0.3) is 16.9 Å². The number of carbonyl (C=O) groups excluding carboxylic acids is 1. The molecule has 4 aromatic rings. The lowest BCUT2D eigenvalue weighted by molar-refractivity contribution is 0.0695. The summed E-state index contributed by atoms with van der Waals surface area (Å²) in [5, 5.41) is 17.9. The van der Waals surface area contributed by atoms with Crippen molar-refractivity contribution < 1.29 is 4.79 Å². The molecule has 0 radical (unpaired) electrons. The average Bonchev–Trinajstić information content (AvgIpc) is 3.52. The van der Waals surface area contributed by atoms with Crippen molar-refractivity contribution in [1.82, 2.24) is 39.5 Å². The zero-order chi connectivity index (χ0) is 24.2. The maximum absolute atomic E-state index is 13.4. The third kappa shape index (κ3) is 3.81. The number of amides is 1. The van der Waals surface area contributed by atoms with Gasteiger partial charge in [-0.25, -0.2) is 4.68 Å². The minimum absolute atomic E-state index is 0.0251. The Labute approximate surface area is 199 Å². The Morgan fingerprint density at radius 3 is 2.62 bits per heavy atom. The van der Waals surface area contributed by atoms with E-state index in [1.165, 1.54) is 5.56 Å². The molecule has 1 aromatic carbocycles. The molecule has 0 spiro atoms. The molecule has 1 aliphatic heterocycles. The molecule has 0 saturated carbocycles. The van der Waals surface area contributed by atoms with E-state index in [1.807, 2.05) is 35.1 Å². The van der Waals surface area contributed by atoms with Crippen molar-refractivity contribution in [2.24, 2.45) is 7.05 Å². The largest absolute Gasteiger partial charge is 0.330 e. The van der Waals surface area contributed by atoms with Gasteiger partial charge in [0.05, 0.1) is 42.6 Å². The van der Waals surface area contributed by atoms with Gasteiger partial charge in [0, 0.05) is 24.6 Å². The fourth-order valence-electron chi connectivity index (χ4n) is 4.30. The third-order valence-electron chi connectivity index (χ3n) is 6.41. The minimum atomic E-state index is -0.120. The van der Waals surface area contributed by atoms with E-state index in [2.05, 4.69) is 73.3 Å². The van der Waals surface area contributed by atoms with E-state index in [-0.39, 0.29) is 11.3 Å². The number of aryl methyl sites for hydroxylation is 3. The number of benzene rings is 1. The highest BCUT2D eigenvalue weighted by atomic mass is 16.2. The smallest absolute Gasteiger partial charge is 0.272 e.